The van der Waals surface area contributed by atoms with E-state index < -0.39 is 10.8 Å². The van der Waals surface area contributed by atoms with Crippen LogP contribution in [-0.4, -0.2) is 21.0 Å². The van der Waals surface area contributed by atoms with E-state index in [4.69, 9.17) is 4.74 Å². The first-order valence-corrected chi connectivity index (χ1v) is 7.66. The molecule has 3 rings (SSSR count). The third kappa shape index (κ3) is 3.81. The zero-order valence-electron chi connectivity index (χ0n) is 13.7. The summed E-state index contributed by atoms with van der Waals surface area (Å²) in [7, 11) is 0. The molecule has 130 valence electrons. The van der Waals surface area contributed by atoms with Gasteiger partial charge >= 0.3 is 5.69 Å². The summed E-state index contributed by atoms with van der Waals surface area (Å²) in [5, 5.41) is 21.5. The average Bonchev–Trinajstić information content (AvgIpc) is 2.63. The monoisotopic (exact) mass is 350 g/mol. The molecule has 0 aliphatic carbocycles. The van der Waals surface area contributed by atoms with Gasteiger partial charge in [0.2, 0.25) is 11.6 Å². The van der Waals surface area contributed by atoms with Crippen molar-refractivity contribution in [3.63, 3.8) is 0 Å². The zero-order valence-corrected chi connectivity index (χ0v) is 13.7. The van der Waals surface area contributed by atoms with Crippen molar-refractivity contribution >= 4 is 17.3 Å². The molecule has 26 heavy (non-hydrogen) atoms. The van der Waals surface area contributed by atoms with Crippen LogP contribution < -0.4 is 10.1 Å². The molecule has 0 bridgehead atoms. The molecule has 2 aromatic carbocycles. The number of hydrogen-bond acceptors (Lipinski definition) is 6. The smallest absolute Gasteiger partial charge is 0.314 e. The predicted molar refractivity (Wildman–Crippen MR) is 94.3 cm³/mol. The van der Waals surface area contributed by atoms with Crippen molar-refractivity contribution in [3.05, 3.63) is 82.0 Å². The van der Waals surface area contributed by atoms with Gasteiger partial charge in [0.1, 0.15) is 0 Å². The molecular weight excluding hydrogens is 336 g/mol. The molecule has 0 spiro atoms. The molecule has 0 fully saturated rings. The van der Waals surface area contributed by atoms with Crippen LogP contribution in [0.25, 0.3) is 0 Å². The maximum Gasteiger partial charge on any atom is 0.314 e. The Morgan fingerprint density at radius 1 is 1.04 bits per heavy atom. The van der Waals surface area contributed by atoms with Crippen LogP contribution in [-0.2, 0) is 0 Å². The van der Waals surface area contributed by atoms with E-state index in [1.54, 1.807) is 43.3 Å². The molecule has 8 nitrogen and oxygen atoms in total. The van der Waals surface area contributed by atoms with Crippen LogP contribution in [0.1, 0.15) is 16.1 Å². The number of hydrogen-bond donors (Lipinski definition) is 1. The minimum Gasteiger partial charge on any atom is -0.430 e. The Balaban J connectivity index is 1.75. The Morgan fingerprint density at radius 3 is 2.46 bits per heavy atom. The van der Waals surface area contributed by atoms with Crippen molar-refractivity contribution in [2.24, 2.45) is 0 Å². The van der Waals surface area contributed by atoms with Crippen LogP contribution in [0.2, 0.25) is 0 Å². The van der Waals surface area contributed by atoms with Crippen LogP contribution in [0.15, 0.2) is 60.7 Å². The molecule has 0 saturated carbocycles. The summed E-state index contributed by atoms with van der Waals surface area (Å²) in [5.74, 6) is -0.308. The lowest BCUT2D eigenvalue weighted by molar-refractivity contribution is -0.386. The molecule has 0 aliphatic heterocycles. The number of nitrogens with zero attached hydrogens (tertiary/aromatic N) is 3. The minimum atomic E-state index is -0.514. The van der Waals surface area contributed by atoms with Crippen molar-refractivity contribution in [1.82, 2.24) is 10.2 Å². The number of benzene rings is 2. The Morgan fingerprint density at radius 2 is 1.81 bits per heavy atom. The highest BCUT2D eigenvalue weighted by molar-refractivity contribution is 6.02. The molecule has 0 unspecified atom stereocenters. The van der Waals surface area contributed by atoms with E-state index in [-0.39, 0.29) is 23.0 Å². The molecule has 1 heterocycles. The molecule has 1 N–H and O–H groups in total. The first kappa shape index (κ1) is 17.0. The van der Waals surface area contributed by atoms with E-state index in [0.717, 1.165) is 0 Å². The number of rotatable bonds is 5. The minimum absolute atomic E-state index is 0.0509. The summed E-state index contributed by atoms with van der Waals surface area (Å²) < 4.78 is 5.46. The first-order valence-electron chi connectivity index (χ1n) is 7.66. The second kappa shape index (κ2) is 7.39. The van der Waals surface area contributed by atoms with Gasteiger partial charge in [-0.3, -0.25) is 14.9 Å². The summed E-state index contributed by atoms with van der Waals surface area (Å²) in [5.41, 5.74) is 1.06. The largest absolute Gasteiger partial charge is 0.430 e. The number of aryl methyl sites for hydroxylation is 1. The van der Waals surface area contributed by atoms with E-state index in [1.165, 1.54) is 18.2 Å². The zero-order chi connectivity index (χ0) is 18.5. The Hall–Kier alpha value is -3.81. The normalized spacial score (nSPS) is 10.2. The van der Waals surface area contributed by atoms with Gasteiger partial charge in [0.15, 0.2) is 5.69 Å². The lowest BCUT2D eigenvalue weighted by atomic mass is 10.2. The van der Waals surface area contributed by atoms with E-state index >= 15 is 0 Å². The highest BCUT2D eigenvalue weighted by Gasteiger charge is 2.19. The van der Waals surface area contributed by atoms with Crippen molar-refractivity contribution in [2.45, 2.75) is 6.92 Å². The molecular formula is C18H14N4O4. The molecule has 1 amide bonds. The number of aromatic nitrogens is 2. The maximum atomic E-state index is 12.1. The van der Waals surface area contributed by atoms with Gasteiger partial charge in [0, 0.05) is 17.3 Å². The molecule has 8 heteroatoms. The number of carbonyl (C=O) groups excluding carboxylic acids is 1. The van der Waals surface area contributed by atoms with Crippen LogP contribution in [0.5, 0.6) is 11.6 Å². The highest BCUT2D eigenvalue weighted by atomic mass is 16.6. The van der Waals surface area contributed by atoms with Crippen LogP contribution in [0.3, 0.4) is 0 Å². The number of amides is 1. The third-order valence-electron chi connectivity index (χ3n) is 3.50. The third-order valence-corrected chi connectivity index (χ3v) is 3.50. The van der Waals surface area contributed by atoms with Crippen molar-refractivity contribution in [3.8, 4) is 11.6 Å². The fourth-order valence-electron chi connectivity index (χ4n) is 2.27. The quantitative estimate of drug-likeness (QED) is 0.555. The van der Waals surface area contributed by atoms with Gasteiger partial charge in [-0.1, -0.05) is 30.3 Å². The van der Waals surface area contributed by atoms with Gasteiger partial charge in [0.05, 0.1) is 4.92 Å². The van der Waals surface area contributed by atoms with E-state index in [0.29, 0.717) is 11.3 Å². The summed E-state index contributed by atoms with van der Waals surface area (Å²) in [6, 6.07) is 16.5. The van der Waals surface area contributed by atoms with E-state index in [9.17, 15) is 14.9 Å². The highest BCUT2D eigenvalue weighted by Crippen LogP contribution is 2.32. The SMILES string of the molecule is Cc1cccc(Oc2ccc(C(=O)Nc3ccccc3)nn2)c1[N+](=O)[O-]. The van der Waals surface area contributed by atoms with Crippen LogP contribution >= 0.6 is 0 Å². The lowest BCUT2D eigenvalue weighted by Crippen LogP contribution is -2.14. The van der Waals surface area contributed by atoms with Crippen molar-refractivity contribution in [1.29, 1.82) is 0 Å². The molecule has 0 aliphatic rings. The summed E-state index contributed by atoms with van der Waals surface area (Å²) in [4.78, 5) is 22.8. The number of carbonyl (C=O) groups is 1. The fraction of sp³-hybridized carbons (Fsp3) is 0.0556. The van der Waals surface area contributed by atoms with Crippen LogP contribution in [0, 0.1) is 17.0 Å². The molecule has 0 radical (unpaired) electrons. The fourth-order valence-corrected chi connectivity index (χ4v) is 2.27. The van der Waals surface area contributed by atoms with Crippen LogP contribution in [0.4, 0.5) is 11.4 Å². The average molecular weight is 350 g/mol. The molecule has 3 aromatic rings. The molecule has 0 atom stereocenters. The molecule has 1 aromatic heterocycles. The number of nitro benzene ring substituents is 1. The summed E-state index contributed by atoms with van der Waals surface area (Å²) >= 11 is 0. The predicted octanol–water partition coefficient (Wildman–Crippen LogP) is 3.74. The van der Waals surface area contributed by atoms with E-state index in [1.807, 2.05) is 6.07 Å². The second-order valence-corrected chi connectivity index (χ2v) is 5.36. The van der Waals surface area contributed by atoms with E-state index in [2.05, 4.69) is 15.5 Å². The molecule has 0 saturated heterocycles. The van der Waals surface area contributed by atoms with Crippen molar-refractivity contribution < 1.29 is 14.5 Å². The van der Waals surface area contributed by atoms with Crippen molar-refractivity contribution in [2.75, 3.05) is 5.32 Å². The van der Waals surface area contributed by atoms with Gasteiger partial charge < -0.3 is 10.1 Å². The number of ether oxygens (including phenoxy) is 1. The Kier molecular flexibility index (Phi) is 4.84. The Bertz CT molecular complexity index is 943. The number of para-hydroxylation sites is 2. The summed E-state index contributed by atoms with van der Waals surface area (Å²) in [6.45, 7) is 1.62. The summed E-state index contributed by atoms with van der Waals surface area (Å²) in [6.07, 6.45) is 0. The van der Waals surface area contributed by atoms with Gasteiger partial charge in [-0.2, -0.15) is 0 Å². The number of nitrogens with one attached hydrogen (secondary N) is 1. The topological polar surface area (TPSA) is 107 Å². The second-order valence-electron chi connectivity index (χ2n) is 5.36. The van der Waals surface area contributed by atoms with Gasteiger partial charge in [-0.05, 0) is 31.2 Å². The maximum absolute atomic E-state index is 12.1. The van der Waals surface area contributed by atoms with Gasteiger partial charge in [0.25, 0.3) is 5.91 Å². The first-order chi connectivity index (χ1) is 12.5. The lowest BCUT2D eigenvalue weighted by Gasteiger charge is -2.07. The van der Waals surface area contributed by atoms with Gasteiger partial charge in [-0.15, -0.1) is 10.2 Å². The van der Waals surface area contributed by atoms with Gasteiger partial charge in [-0.25, -0.2) is 0 Å². The number of anilines is 1. The number of nitro groups is 1. The standard InChI is InChI=1S/C18H14N4O4/c1-12-6-5-9-15(17(12)22(24)25)26-16-11-10-14(20-21-16)18(23)19-13-7-3-2-4-8-13/h2-11H,1H3,(H,19,23). The Labute approximate surface area is 148 Å².